The van der Waals surface area contributed by atoms with Crippen molar-refractivity contribution in [3.05, 3.63) is 45.4 Å². The van der Waals surface area contributed by atoms with Crippen LogP contribution in [-0.2, 0) is 0 Å². The third-order valence-electron chi connectivity index (χ3n) is 2.67. The number of ether oxygens (including phenoxy) is 1. The summed E-state index contributed by atoms with van der Waals surface area (Å²) in [5.41, 5.74) is -1.21. The minimum absolute atomic E-state index is 0.0192. The molecule has 10 heteroatoms. The molecule has 24 heavy (non-hydrogen) atoms. The Bertz CT molecular complexity index is 801. The Morgan fingerprint density at radius 1 is 1.46 bits per heavy atom. The molecule has 0 radical (unpaired) electrons. The first kappa shape index (κ1) is 17.7. The van der Waals surface area contributed by atoms with Gasteiger partial charge >= 0.3 is 11.7 Å². The lowest BCUT2D eigenvalue weighted by Gasteiger charge is -2.19. The molecule has 1 aromatic heterocycles. The first-order valence-corrected chi connectivity index (χ1v) is 7.14. The summed E-state index contributed by atoms with van der Waals surface area (Å²) in [5.74, 6) is -1.26. The Balaban J connectivity index is 2.20. The number of aromatic nitrogens is 2. The van der Waals surface area contributed by atoms with E-state index in [9.17, 15) is 19.3 Å². The highest BCUT2D eigenvalue weighted by atomic mass is 35.5. The van der Waals surface area contributed by atoms with E-state index >= 15 is 0 Å². The summed E-state index contributed by atoms with van der Waals surface area (Å²) in [6, 6.07) is 2.53. The maximum atomic E-state index is 13.6. The van der Waals surface area contributed by atoms with Crippen LogP contribution in [0.5, 0.6) is 11.6 Å². The number of hydrogen-bond acceptors (Lipinski definition) is 5. The van der Waals surface area contributed by atoms with Gasteiger partial charge in [-0.15, -0.1) is 5.10 Å². The summed E-state index contributed by atoms with van der Waals surface area (Å²) in [4.78, 5) is 21.7. The van der Waals surface area contributed by atoms with Crippen LogP contribution < -0.4 is 10.1 Å². The fourth-order valence-electron chi connectivity index (χ4n) is 1.70. The van der Waals surface area contributed by atoms with Crippen molar-refractivity contribution in [2.24, 2.45) is 0 Å². The maximum absolute atomic E-state index is 13.6. The molecule has 1 aromatic carbocycles. The van der Waals surface area contributed by atoms with Crippen LogP contribution in [0.2, 0.25) is 5.02 Å². The largest absolute Gasteiger partial charge is 0.436 e. The SMILES string of the molecule is CC(C)(C)NC(=O)n1ccc(Oc2cc(F)c([N+](=O)[O-])cc2Cl)n1. The smallest absolute Gasteiger partial charge is 0.342 e. The lowest BCUT2D eigenvalue weighted by Crippen LogP contribution is -2.43. The van der Waals surface area contributed by atoms with Crippen molar-refractivity contribution in [2.45, 2.75) is 26.3 Å². The molecule has 1 amide bonds. The minimum Gasteiger partial charge on any atom is -0.436 e. The monoisotopic (exact) mass is 356 g/mol. The molecule has 0 saturated carbocycles. The molecule has 1 heterocycles. The van der Waals surface area contributed by atoms with Gasteiger partial charge in [-0.05, 0) is 20.8 Å². The zero-order valence-electron chi connectivity index (χ0n) is 13.0. The fourth-order valence-corrected chi connectivity index (χ4v) is 1.90. The predicted octanol–water partition coefficient (Wildman–Crippen LogP) is 3.73. The summed E-state index contributed by atoms with van der Waals surface area (Å²) in [6.07, 6.45) is 1.35. The molecular formula is C14H14ClFN4O4. The number of nitro groups is 1. The number of rotatable bonds is 3. The van der Waals surface area contributed by atoms with E-state index in [2.05, 4.69) is 10.4 Å². The van der Waals surface area contributed by atoms with Gasteiger partial charge in [0.15, 0.2) is 5.75 Å². The van der Waals surface area contributed by atoms with Crippen molar-refractivity contribution >= 4 is 23.3 Å². The van der Waals surface area contributed by atoms with Crippen molar-refractivity contribution in [3.63, 3.8) is 0 Å². The van der Waals surface area contributed by atoms with Crippen LogP contribution in [0, 0.1) is 15.9 Å². The molecule has 128 valence electrons. The molecule has 0 aliphatic heterocycles. The van der Waals surface area contributed by atoms with Gasteiger partial charge in [-0.2, -0.15) is 9.07 Å². The molecule has 0 aliphatic rings. The van der Waals surface area contributed by atoms with Gasteiger partial charge in [0.1, 0.15) is 0 Å². The topological polar surface area (TPSA) is 99.3 Å². The Kier molecular flexibility index (Phi) is 4.74. The fraction of sp³-hybridized carbons (Fsp3) is 0.286. The molecule has 2 aromatic rings. The van der Waals surface area contributed by atoms with E-state index in [1.54, 1.807) is 0 Å². The molecular weight excluding hydrogens is 343 g/mol. The third kappa shape index (κ3) is 4.19. The average molecular weight is 357 g/mol. The van der Waals surface area contributed by atoms with Gasteiger partial charge < -0.3 is 10.1 Å². The second kappa shape index (κ2) is 6.44. The van der Waals surface area contributed by atoms with Crippen LogP contribution >= 0.6 is 11.6 Å². The Morgan fingerprint density at radius 2 is 2.12 bits per heavy atom. The van der Waals surface area contributed by atoms with E-state index in [1.165, 1.54) is 12.3 Å². The van der Waals surface area contributed by atoms with Gasteiger partial charge in [0, 0.05) is 29.9 Å². The van der Waals surface area contributed by atoms with Crippen molar-refractivity contribution in [2.75, 3.05) is 0 Å². The number of benzene rings is 1. The summed E-state index contributed by atoms with van der Waals surface area (Å²) >= 11 is 5.84. The number of hydrogen-bond donors (Lipinski definition) is 1. The van der Waals surface area contributed by atoms with Gasteiger partial charge in [0.2, 0.25) is 11.7 Å². The Labute approximate surface area is 141 Å². The van der Waals surface area contributed by atoms with Crippen molar-refractivity contribution in [1.29, 1.82) is 0 Å². The molecule has 0 bridgehead atoms. The zero-order valence-corrected chi connectivity index (χ0v) is 13.8. The molecule has 0 saturated heterocycles. The average Bonchev–Trinajstić information content (AvgIpc) is 2.89. The predicted molar refractivity (Wildman–Crippen MR) is 84.0 cm³/mol. The van der Waals surface area contributed by atoms with Gasteiger partial charge in [-0.25, -0.2) is 4.79 Å². The second-order valence-corrected chi connectivity index (χ2v) is 6.28. The van der Waals surface area contributed by atoms with Crippen molar-refractivity contribution < 1.29 is 18.8 Å². The maximum Gasteiger partial charge on any atom is 0.342 e. The summed E-state index contributed by atoms with van der Waals surface area (Å²) in [7, 11) is 0. The number of nitrogens with zero attached hydrogens (tertiary/aromatic N) is 3. The number of amides is 1. The van der Waals surface area contributed by atoms with Crippen LogP contribution in [0.15, 0.2) is 24.4 Å². The highest BCUT2D eigenvalue weighted by Crippen LogP contribution is 2.33. The molecule has 0 spiro atoms. The minimum atomic E-state index is -1.09. The van der Waals surface area contributed by atoms with E-state index in [0.29, 0.717) is 0 Å². The van der Waals surface area contributed by atoms with Crippen LogP contribution in [0.4, 0.5) is 14.9 Å². The lowest BCUT2D eigenvalue weighted by molar-refractivity contribution is -0.387. The zero-order chi connectivity index (χ0) is 18.1. The first-order valence-electron chi connectivity index (χ1n) is 6.76. The van der Waals surface area contributed by atoms with Gasteiger partial charge in [-0.1, -0.05) is 11.6 Å². The van der Waals surface area contributed by atoms with Crippen molar-refractivity contribution in [1.82, 2.24) is 15.1 Å². The number of carbonyl (C=O) groups is 1. The normalized spacial score (nSPS) is 11.2. The number of nitrogens with one attached hydrogen (secondary N) is 1. The summed E-state index contributed by atoms with van der Waals surface area (Å²) in [5, 5.41) is 17.1. The number of halogens is 2. The summed E-state index contributed by atoms with van der Waals surface area (Å²) < 4.78 is 19.9. The highest BCUT2D eigenvalue weighted by molar-refractivity contribution is 6.32. The van der Waals surface area contributed by atoms with E-state index in [0.717, 1.165) is 16.8 Å². The first-order chi connectivity index (χ1) is 11.1. The van der Waals surface area contributed by atoms with E-state index in [1.807, 2.05) is 20.8 Å². The molecule has 0 atom stereocenters. The number of nitro benzene ring substituents is 1. The quantitative estimate of drug-likeness (QED) is 0.667. The Hall–Kier alpha value is -2.68. The number of carbonyl (C=O) groups excluding carboxylic acids is 1. The van der Waals surface area contributed by atoms with Crippen LogP contribution in [-0.4, -0.2) is 26.3 Å². The van der Waals surface area contributed by atoms with Gasteiger partial charge in [0.05, 0.1) is 9.95 Å². The molecule has 2 rings (SSSR count). The molecule has 0 fully saturated rings. The Morgan fingerprint density at radius 3 is 2.71 bits per heavy atom. The van der Waals surface area contributed by atoms with Crippen LogP contribution in [0.25, 0.3) is 0 Å². The second-order valence-electron chi connectivity index (χ2n) is 5.87. The molecule has 0 aliphatic carbocycles. The van der Waals surface area contributed by atoms with Crippen LogP contribution in [0.1, 0.15) is 20.8 Å². The van der Waals surface area contributed by atoms with Crippen LogP contribution in [0.3, 0.4) is 0 Å². The van der Waals surface area contributed by atoms with Gasteiger partial charge in [-0.3, -0.25) is 10.1 Å². The molecule has 8 nitrogen and oxygen atoms in total. The standard InChI is InChI=1S/C14H14ClFN4O4/c1-14(2,3)17-13(21)19-5-4-12(18-19)24-11-7-9(16)10(20(22)23)6-8(11)15/h4-7H,1-3H3,(H,17,21). The van der Waals surface area contributed by atoms with E-state index in [4.69, 9.17) is 16.3 Å². The van der Waals surface area contributed by atoms with Gasteiger partial charge in [0.25, 0.3) is 0 Å². The summed E-state index contributed by atoms with van der Waals surface area (Å²) in [6.45, 7) is 5.43. The van der Waals surface area contributed by atoms with E-state index < -0.39 is 28.0 Å². The third-order valence-corrected chi connectivity index (χ3v) is 2.96. The molecule has 0 unspecified atom stereocenters. The van der Waals surface area contributed by atoms with E-state index in [-0.39, 0.29) is 16.7 Å². The van der Waals surface area contributed by atoms with Crippen molar-refractivity contribution in [3.8, 4) is 11.6 Å². The highest BCUT2D eigenvalue weighted by Gasteiger charge is 2.20. The lowest BCUT2D eigenvalue weighted by atomic mass is 10.1. The molecule has 1 N–H and O–H groups in total.